The number of carbonyl (C=O) groups excluding carboxylic acids is 5. The van der Waals surface area contributed by atoms with Gasteiger partial charge in [0.2, 0.25) is 11.8 Å². The highest BCUT2D eigenvalue weighted by Crippen LogP contribution is 2.26. The molecule has 6 N–H and O–H groups in total. The number of hydrogen-bond donors (Lipinski definition) is 5. The molecule has 1 aliphatic carbocycles. The first-order valence-electron chi connectivity index (χ1n) is 14.1. The maximum atomic E-state index is 13.9. The van der Waals surface area contributed by atoms with Crippen molar-refractivity contribution in [3.8, 4) is 0 Å². The van der Waals surface area contributed by atoms with E-state index in [4.69, 9.17) is 10.5 Å². The van der Waals surface area contributed by atoms with Gasteiger partial charge in [0.05, 0.1) is 18.1 Å². The number of ketones is 1. The fourth-order valence-electron chi connectivity index (χ4n) is 4.18. The first-order valence-corrected chi connectivity index (χ1v) is 14.1. The molecule has 13 heteroatoms. The summed E-state index contributed by atoms with van der Waals surface area (Å²) in [6.45, 7) is 5.03. The van der Waals surface area contributed by atoms with Crippen LogP contribution in [0.3, 0.4) is 0 Å². The number of piperidine rings is 1. The number of halogens is 2. The number of H-pyrrole nitrogens is 1. The molecule has 1 aromatic heterocycles. The van der Waals surface area contributed by atoms with Gasteiger partial charge >= 0.3 is 5.97 Å². The molecule has 11 nitrogen and oxygen atoms in total. The van der Waals surface area contributed by atoms with Crippen molar-refractivity contribution >= 4 is 40.4 Å². The summed E-state index contributed by atoms with van der Waals surface area (Å²) in [7, 11) is 0. The van der Waals surface area contributed by atoms with Crippen molar-refractivity contribution in [3.63, 3.8) is 0 Å². The summed E-state index contributed by atoms with van der Waals surface area (Å²) in [4.78, 5) is 64.7. The highest BCUT2D eigenvalue weighted by atomic mass is 19.1. The lowest BCUT2D eigenvalue weighted by Gasteiger charge is -2.26. The van der Waals surface area contributed by atoms with E-state index in [1.807, 2.05) is 0 Å². The van der Waals surface area contributed by atoms with Gasteiger partial charge in [-0.1, -0.05) is 33.6 Å². The van der Waals surface area contributed by atoms with Crippen molar-refractivity contribution in [1.82, 2.24) is 20.9 Å². The summed E-state index contributed by atoms with van der Waals surface area (Å²) >= 11 is 0. The number of benzene rings is 1. The van der Waals surface area contributed by atoms with Crippen LogP contribution in [0.1, 0.15) is 63.4 Å². The van der Waals surface area contributed by atoms with Gasteiger partial charge in [-0.25, -0.2) is 8.78 Å². The van der Waals surface area contributed by atoms with E-state index in [9.17, 15) is 32.8 Å². The normalized spacial score (nSPS) is 17.9. The molecule has 230 valence electrons. The van der Waals surface area contributed by atoms with Crippen LogP contribution in [0.4, 0.5) is 8.78 Å². The van der Waals surface area contributed by atoms with Gasteiger partial charge in [0.25, 0.3) is 5.91 Å². The molecule has 42 heavy (non-hydrogen) atoms. The van der Waals surface area contributed by atoms with E-state index in [2.05, 4.69) is 27.9 Å². The minimum absolute atomic E-state index is 0.0228. The van der Waals surface area contributed by atoms with Crippen LogP contribution in [0.2, 0.25) is 0 Å². The molecule has 1 aliphatic heterocycles. The topological polar surface area (TPSA) is 172 Å². The van der Waals surface area contributed by atoms with Crippen molar-refractivity contribution in [2.45, 2.75) is 65.0 Å². The Balaban J connectivity index is 0.00000111. The van der Waals surface area contributed by atoms with E-state index in [-0.39, 0.29) is 34.8 Å². The Morgan fingerprint density at radius 2 is 1.81 bits per heavy atom. The number of rotatable bonds is 11. The zero-order chi connectivity index (χ0) is 31.0. The number of esters is 1. The van der Waals surface area contributed by atoms with Crippen LogP contribution in [0.15, 0.2) is 18.2 Å². The van der Waals surface area contributed by atoms with E-state index < -0.39 is 66.4 Å². The van der Waals surface area contributed by atoms with Gasteiger partial charge in [-0.15, -0.1) is 0 Å². The van der Waals surface area contributed by atoms with Gasteiger partial charge in [0.15, 0.2) is 12.4 Å². The molecule has 0 spiro atoms. The van der Waals surface area contributed by atoms with Crippen LogP contribution < -0.4 is 21.7 Å². The number of aromatic nitrogens is 1. The van der Waals surface area contributed by atoms with Crippen LogP contribution in [-0.4, -0.2) is 66.2 Å². The third-order valence-electron chi connectivity index (χ3n) is 7.16. The van der Waals surface area contributed by atoms with Crippen molar-refractivity contribution in [2.75, 3.05) is 19.7 Å². The van der Waals surface area contributed by atoms with Crippen LogP contribution in [0.25, 0.3) is 10.9 Å². The second kappa shape index (κ2) is 14.9. The highest BCUT2D eigenvalue weighted by molar-refractivity contribution is 6.00. The lowest BCUT2D eigenvalue weighted by Crippen LogP contribution is -2.50. The first kappa shape index (κ1) is 32.6. The van der Waals surface area contributed by atoms with E-state index in [0.717, 1.165) is 12.0 Å². The molecule has 0 bridgehead atoms. The number of amides is 3. The maximum absolute atomic E-state index is 13.9. The van der Waals surface area contributed by atoms with Crippen LogP contribution >= 0.6 is 0 Å². The lowest BCUT2D eigenvalue weighted by molar-refractivity contribution is -0.151. The molecule has 2 aromatic rings. The van der Waals surface area contributed by atoms with E-state index >= 15 is 0 Å². The third-order valence-corrected chi connectivity index (χ3v) is 7.16. The van der Waals surface area contributed by atoms with Gasteiger partial charge in [-0.3, -0.25) is 24.0 Å². The summed E-state index contributed by atoms with van der Waals surface area (Å²) in [5.74, 6) is -4.51. The molecule has 1 aromatic carbocycles. The SMILES string of the molecule is CC(C)C(N)C(=O)OCC(=O)[C@H](C[C@@H]1CCCNC1=O)NC(=O)CNC(=O)c1cc2cc(F)cc(F)c2[nH]1.CC1CC1. The Morgan fingerprint density at radius 3 is 2.43 bits per heavy atom. The number of hydrogen-bond acceptors (Lipinski definition) is 7. The second-order valence-corrected chi connectivity index (χ2v) is 11.2. The second-order valence-electron chi connectivity index (χ2n) is 11.2. The average molecular weight is 592 g/mol. The van der Waals surface area contributed by atoms with Gasteiger partial charge in [0.1, 0.15) is 23.4 Å². The summed E-state index contributed by atoms with van der Waals surface area (Å²) < 4.78 is 32.3. The molecular formula is C29H39F2N5O6. The summed E-state index contributed by atoms with van der Waals surface area (Å²) in [6, 6.07) is 0.868. The minimum Gasteiger partial charge on any atom is -0.456 e. The molecule has 2 aliphatic rings. The van der Waals surface area contributed by atoms with Gasteiger partial charge < -0.3 is 31.4 Å². The number of Topliss-reactive ketones (excluding diaryl/α,β-unsaturated/α-hetero) is 1. The fraction of sp³-hybridized carbons (Fsp3) is 0.552. The highest BCUT2D eigenvalue weighted by Gasteiger charge is 2.31. The van der Waals surface area contributed by atoms with Gasteiger partial charge in [-0.05, 0) is 43.2 Å². The van der Waals surface area contributed by atoms with Crippen molar-refractivity contribution in [1.29, 1.82) is 0 Å². The Morgan fingerprint density at radius 1 is 1.12 bits per heavy atom. The van der Waals surface area contributed by atoms with E-state index in [1.54, 1.807) is 13.8 Å². The molecule has 2 fully saturated rings. The zero-order valence-corrected chi connectivity index (χ0v) is 24.1. The standard InChI is InChI=1S/C25H31F2N5O6.C4H8/c1-12(2)21(28)25(37)38-11-19(33)17(7-13-4-3-5-29-23(13)35)31-20(34)10-30-24(36)18-8-14-6-15(26)9-16(27)22(14)32-18;1-4-2-3-4/h6,8-9,12-13,17,21,32H,3-5,7,10-11,28H2,1-2H3,(H,29,35)(H,30,36)(H,31,34);4H,2-3H2,1H3/t13-,17-,21?;/m0./s1. The molecular weight excluding hydrogens is 552 g/mol. The Bertz CT molecular complexity index is 1310. The number of carbonyl (C=O) groups is 5. The van der Waals surface area contributed by atoms with Gasteiger partial charge in [0, 0.05) is 23.9 Å². The summed E-state index contributed by atoms with van der Waals surface area (Å²) in [5.41, 5.74) is 5.57. The number of nitrogens with one attached hydrogen (secondary N) is 4. The van der Waals surface area contributed by atoms with Crippen LogP contribution in [0.5, 0.6) is 0 Å². The maximum Gasteiger partial charge on any atom is 0.323 e. The molecule has 4 rings (SSSR count). The smallest absolute Gasteiger partial charge is 0.323 e. The first-order chi connectivity index (χ1) is 19.8. The molecule has 3 amide bonds. The van der Waals surface area contributed by atoms with E-state index in [0.29, 0.717) is 25.5 Å². The number of fused-ring (bicyclic) bond motifs is 1. The van der Waals surface area contributed by atoms with E-state index in [1.165, 1.54) is 18.9 Å². The molecule has 1 unspecified atom stereocenters. The van der Waals surface area contributed by atoms with Crippen molar-refractivity contribution < 1.29 is 37.5 Å². The summed E-state index contributed by atoms with van der Waals surface area (Å²) in [6.07, 6.45) is 4.16. The Labute approximate surface area is 242 Å². The van der Waals surface area contributed by atoms with Crippen LogP contribution in [-0.2, 0) is 23.9 Å². The largest absolute Gasteiger partial charge is 0.456 e. The molecule has 2 heterocycles. The summed E-state index contributed by atoms with van der Waals surface area (Å²) in [5, 5.41) is 7.67. The quantitative estimate of drug-likeness (QED) is 0.249. The zero-order valence-electron chi connectivity index (χ0n) is 24.1. The predicted octanol–water partition coefficient (Wildman–Crippen LogP) is 2.09. The monoisotopic (exact) mass is 591 g/mol. The average Bonchev–Trinajstić information content (AvgIpc) is 3.60. The minimum atomic E-state index is -1.17. The fourth-order valence-corrected chi connectivity index (χ4v) is 4.18. The predicted molar refractivity (Wildman–Crippen MR) is 150 cm³/mol. The Kier molecular flexibility index (Phi) is 11.5. The molecule has 3 atom stereocenters. The number of aromatic amines is 1. The molecule has 1 saturated heterocycles. The number of nitrogens with two attached hydrogens (primary N) is 1. The molecule has 0 radical (unpaired) electrons. The van der Waals surface area contributed by atoms with Crippen LogP contribution in [0, 0.1) is 29.4 Å². The van der Waals surface area contributed by atoms with Crippen molar-refractivity contribution in [3.05, 3.63) is 35.5 Å². The van der Waals surface area contributed by atoms with Gasteiger partial charge in [-0.2, -0.15) is 0 Å². The number of ether oxygens (including phenoxy) is 1. The lowest BCUT2D eigenvalue weighted by atomic mass is 9.90. The van der Waals surface area contributed by atoms with Crippen molar-refractivity contribution in [2.24, 2.45) is 23.5 Å². The Hall–Kier alpha value is -3.87. The molecule has 1 saturated carbocycles. The third kappa shape index (κ3) is 9.61.